The maximum atomic E-state index is 14.3. The van der Waals surface area contributed by atoms with Crippen LogP contribution in [0.25, 0.3) is 10.9 Å². The van der Waals surface area contributed by atoms with Gasteiger partial charge in [-0.25, -0.2) is 18.0 Å². The van der Waals surface area contributed by atoms with Crippen LogP contribution in [0.2, 0.25) is 0 Å². The first-order valence-corrected chi connectivity index (χ1v) is 12.0. The molecule has 1 aromatic heterocycles. The van der Waals surface area contributed by atoms with Crippen molar-refractivity contribution in [1.82, 2.24) is 15.6 Å². The van der Waals surface area contributed by atoms with Gasteiger partial charge < -0.3 is 26.1 Å². The van der Waals surface area contributed by atoms with E-state index in [1.54, 1.807) is 32.9 Å². The summed E-state index contributed by atoms with van der Waals surface area (Å²) in [6, 6.07) is 4.82. The second-order valence-electron chi connectivity index (χ2n) is 10.1. The van der Waals surface area contributed by atoms with Crippen molar-refractivity contribution in [2.24, 2.45) is 5.73 Å². The lowest BCUT2D eigenvalue weighted by Crippen LogP contribution is -2.55. The molecule has 208 valence electrons. The monoisotopic (exact) mass is 546 g/mol. The van der Waals surface area contributed by atoms with E-state index in [0.29, 0.717) is 23.0 Å². The van der Waals surface area contributed by atoms with E-state index in [9.17, 15) is 32.3 Å². The molecule has 39 heavy (non-hydrogen) atoms. The van der Waals surface area contributed by atoms with Gasteiger partial charge in [0.25, 0.3) is 5.56 Å². The molecule has 12 heteroatoms. The van der Waals surface area contributed by atoms with E-state index in [4.69, 9.17) is 10.5 Å². The summed E-state index contributed by atoms with van der Waals surface area (Å²) in [6.45, 7) is 6.58. The number of pyridine rings is 1. The summed E-state index contributed by atoms with van der Waals surface area (Å²) in [6.07, 6.45) is -1.96. The second-order valence-corrected chi connectivity index (χ2v) is 10.1. The Hall–Kier alpha value is -4.35. The molecule has 0 aliphatic carbocycles. The van der Waals surface area contributed by atoms with Crippen molar-refractivity contribution in [3.05, 3.63) is 80.9 Å². The number of carbonyl (C=O) groups excluding carboxylic acids is 3. The molecular formula is C27H29F3N4O5. The van der Waals surface area contributed by atoms with Crippen LogP contribution in [0.1, 0.15) is 37.5 Å². The molecular weight excluding hydrogens is 517 g/mol. The molecule has 3 aromatic rings. The number of carbonyl (C=O) groups is 3. The van der Waals surface area contributed by atoms with Crippen molar-refractivity contribution < 1.29 is 32.3 Å². The molecule has 0 radical (unpaired) electrons. The third-order valence-corrected chi connectivity index (χ3v) is 5.68. The van der Waals surface area contributed by atoms with Gasteiger partial charge in [-0.3, -0.25) is 14.4 Å². The van der Waals surface area contributed by atoms with E-state index in [0.717, 1.165) is 5.56 Å². The summed E-state index contributed by atoms with van der Waals surface area (Å²) in [5, 5.41) is 5.31. The molecule has 0 bridgehead atoms. The van der Waals surface area contributed by atoms with Gasteiger partial charge in [-0.05, 0) is 62.9 Å². The minimum Gasteiger partial charge on any atom is -0.444 e. The number of hydrogen-bond acceptors (Lipinski definition) is 5. The van der Waals surface area contributed by atoms with Gasteiger partial charge in [-0.1, -0.05) is 11.6 Å². The molecule has 1 heterocycles. The molecule has 0 saturated carbocycles. The lowest BCUT2D eigenvalue weighted by Gasteiger charge is -2.25. The van der Waals surface area contributed by atoms with Gasteiger partial charge in [0.05, 0.1) is 0 Å². The predicted octanol–water partition coefficient (Wildman–Crippen LogP) is 2.90. The number of H-pyrrole nitrogens is 1. The van der Waals surface area contributed by atoms with Crippen LogP contribution in [0, 0.1) is 24.4 Å². The zero-order valence-corrected chi connectivity index (χ0v) is 21.8. The number of hydrogen-bond donors (Lipinski definition) is 4. The third-order valence-electron chi connectivity index (χ3n) is 5.68. The lowest BCUT2D eigenvalue weighted by molar-refractivity contribution is -0.128. The van der Waals surface area contributed by atoms with E-state index in [2.05, 4.69) is 15.6 Å². The Balaban J connectivity index is 1.88. The summed E-state index contributed by atoms with van der Waals surface area (Å²) in [7, 11) is 0. The molecule has 1 unspecified atom stereocenters. The summed E-state index contributed by atoms with van der Waals surface area (Å²) in [5.41, 5.74) is 5.28. The minimum atomic E-state index is -1.58. The number of aryl methyl sites for hydroxylation is 1. The fraction of sp³-hybridized carbons (Fsp3) is 0.333. The first kappa shape index (κ1) is 29.2. The van der Waals surface area contributed by atoms with Crippen LogP contribution in [-0.2, 0) is 27.2 Å². The van der Waals surface area contributed by atoms with Crippen molar-refractivity contribution >= 4 is 28.8 Å². The molecule has 3 rings (SSSR count). The first-order valence-electron chi connectivity index (χ1n) is 12.0. The number of aromatic nitrogens is 1. The summed E-state index contributed by atoms with van der Waals surface area (Å²) < 4.78 is 46.7. The Bertz CT molecular complexity index is 1480. The average Bonchev–Trinajstić information content (AvgIpc) is 2.80. The van der Waals surface area contributed by atoms with Gasteiger partial charge in [0.15, 0.2) is 11.6 Å². The number of primary amides is 1. The Labute approximate surface area is 221 Å². The summed E-state index contributed by atoms with van der Waals surface area (Å²) in [4.78, 5) is 53.1. The summed E-state index contributed by atoms with van der Waals surface area (Å²) in [5.74, 6) is -5.92. The zero-order valence-electron chi connectivity index (χ0n) is 21.8. The molecule has 0 spiro atoms. The number of rotatable bonds is 8. The number of aromatic amines is 1. The highest BCUT2D eigenvalue weighted by atomic mass is 19.2. The molecule has 0 saturated heterocycles. The van der Waals surface area contributed by atoms with Gasteiger partial charge in [0.2, 0.25) is 11.8 Å². The number of amides is 3. The van der Waals surface area contributed by atoms with Gasteiger partial charge in [0, 0.05) is 30.0 Å². The van der Waals surface area contributed by atoms with Gasteiger partial charge in [-0.2, -0.15) is 0 Å². The van der Waals surface area contributed by atoms with Crippen molar-refractivity contribution in [2.45, 2.75) is 58.2 Å². The smallest absolute Gasteiger partial charge is 0.408 e. The largest absolute Gasteiger partial charge is 0.444 e. The fourth-order valence-corrected chi connectivity index (χ4v) is 3.84. The second kappa shape index (κ2) is 11.6. The Morgan fingerprint density at radius 2 is 1.56 bits per heavy atom. The quantitative estimate of drug-likeness (QED) is 0.321. The SMILES string of the molecule is Cc1ccc2[nH]c(=O)c(CC(NC(=O)[C@H](Cc3cc(F)c(F)cc3F)NC(=O)OC(C)(C)C)C(N)=O)cc2c1. The topological polar surface area (TPSA) is 143 Å². The molecule has 0 fully saturated rings. The number of alkyl carbamates (subject to hydrolysis) is 1. The van der Waals surface area contributed by atoms with Crippen molar-refractivity contribution in [2.75, 3.05) is 0 Å². The lowest BCUT2D eigenvalue weighted by atomic mass is 10.0. The van der Waals surface area contributed by atoms with Crippen LogP contribution in [0.4, 0.5) is 18.0 Å². The Morgan fingerprint density at radius 1 is 0.923 bits per heavy atom. The number of benzene rings is 2. The van der Waals surface area contributed by atoms with Crippen LogP contribution >= 0.6 is 0 Å². The van der Waals surface area contributed by atoms with Crippen LogP contribution < -0.4 is 21.9 Å². The van der Waals surface area contributed by atoms with Crippen molar-refractivity contribution in [3.63, 3.8) is 0 Å². The zero-order chi connectivity index (χ0) is 29.1. The van der Waals surface area contributed by atoms with E-state index < -0.39 is 70.6 Å². The third kappa shape index (κ3) is 7.82. The molecule has 0 aliphatic rings. The maximum Gasteiger partial charge on any atom is 0.408 e. The Morgan fingerprint density at radius 3 is 2.21 bits per heavy atom. The van der Waals surface area contributed by atoms with Crippen LogP contribution in [0.15, 0.2) is 41.2 Å². The van der Waals surface area contributed by atoms with Crippen LogP contribution in [-0.4, -0.2) is 40.6 Å². The highest BCUT2D eigenvalue weighted by molar-refractivity contribution is 5.91. The molecule has 2 aromatic carbocycles. The number of fused-ring (bicyclic) bond motifs is 1. The van der Waals surface area contributed by atoms with Crippen molar-refractivity contribution in [3.8, 4) is 0 Å². The average molecular weight is 547 g/mol. The highest BCUT2D eigenvalue weighted by Crippen LogP contribution is 2.17. The van der Waals surface area contributed by atoms with E-state index >= 15 is 0 Å². The minimum absolute atomic E-state index is 0.153. The van der Waals surface area contributed by atoms with E-state index in [-0.39, 0.29) is 12.0 Å². The fourth-order valence-electron chi connectivity index (χ4n) is 3.84. The predicted molar refractivity (Wildman–Crippen MR) is 137 cm³/mol. The molecule has 5 N–H and O–H groups in total. The van der Waals surface area contributed by atoms with Crippen molar-refractivity contribution in [1.29, 1.82) is 0 Å². The number of ether oxygens (including phenoxy) is 1. The normalized spacial score (nSPS) is 13.0. The Kier molecular flexibility index (Phi) is 8.68. The molecule has 3 amide bonds. The first-order chi connectivity index (χ1) is 18.1. The highest BCUT2D eigenvalue weighted by Gasteiger charge is 2.29. The summed E-state index contributed by atoms with van der Waals surface area (Å²) >= 11 is 0. The number of nitrogens with one attached hydrogen (secondary N) is 3. The standard InChI is InChI=1S/C27H29F3N4O5/c1-13-5-6-20-15(7-13)8-16(24(36)32-20)11-21(23(31)35)33-25(37)22(34-26(38)39-27(2,3)4)10-14-9-18(29)19(30)12-17(14)28/h5-9,12,21-22H,10-11H2,1-4H3,(H2,31,35)(H,32,36)(H,33,37)(H,34,38)/t21?,22-/m0/s1. The molecule has 9 nitrogen and oxygen atoms in total. The van der Waals surface area contributed by atoms with Gasteiger partial charge >= 0.3 is 6.09 Å². The maximum absolute atomic E-state index is 14.3. The molecule has 0 aliphatic heterocycles. The van der Waals surface area contributed by atoms with Gasteiger partial charge in [-0.15, -0.1) is 0 Å². The number of halogens is 3. The van der Waals surface area contributed by atoms with Crippen LogP contribution in [0.5, 0.6) is 0 Å². The van der Waals surface area contributed by atoms with E-state index in [1.165, 1.54) is 0 Å². The van der Waals surface area contributed by atoms with Crippen LogP contribution in [0.3, 0.4) is 0 Å². The van der Waals surface area contributed by atoms with E-state index in [1.807, 2.05) is 19.1 Å². The van der Waals surface area contributed by atoms with Gasteiger partial charge in [0.1, 0.15) is 23.5 Å². The molecule has 2 atom stereocenters. The number of nitrogens with two attached hydrogens (primary N) is 1.